The lowest BCUT2D eigenvalue weighted by Gasteiger charge is -2.40. The Balaban J connectivity index is 2.09. The molecule has 2 atom stereocenters. The second kappa shape index (κ2) is 7.32. The Morgan fingerprint density at radius 1 is 1.29 bits per heavy atom. The summed E-state index contributed by atoms with van der Waals surface area (Å²) < 4.78 is 0. The molecule has 0 bridgehead atoms. The van der Waals surface area contributed by atoms with E-state index in [1.54, 1.807) is 6.20 Å². The molecule has 2 unspecified atom stereocenters. The van der Waals surface area contributed by atoms with Crippen LogP contribution in [0.15, 0.2) is 42.7 Å². The lowest BCUT2D eigenvalue weighted by atomic mass is 9.90. The molecule has 1 saturated heterocycles. The summed E-state index contributed by atoms with van der Waals surface area (Å²) in [5, 5.41) is 10.4. The normalized spacial score (nSPS) is 19.8. The molecule has 0 aliphatic carbocycles. The fourth-order valence-electron chi connectivity index (χ4n) is 3.51. The molecule has 0 saturated carbocycles. The van der Waals surface area contributed by atoms with Crippen LogP contribution in [0.1, 0.15) is 42.0 Å². The molecule has 4 nitrogen and oxygen atoms in total. The maximum atomic E-state index is 11.8. The summed E-state index contributed by atoms with van der Waals surface area (Å²) in [5.41, 5.74) is 3.22. The Kier molecular flexibility index (Phi) is 5.17. The summed E-state index contributed by atoms with van der Waals surface area (Å²) in [7, 11) is 0. The van der Waals surface area contributed by atoms with Gasteiger partial charge in [0.2, 0.25) is 0 Å². The zero-order valence-electron chi connectivity index (χ0n) is 13.7. The van der Waals surface area contributed by atoms with Crippen LogP contribution in [0, 0.1) is 6.92 Å². The molecule has 2 heterocycles. The van der Waals surface area contributed by atoms with E-state index in [1.165, 1.54) is 0 Å². The van der Waals surface area contributed by atoms with Crippen LogP contribution in [0.3, 0.4) is 0 Å². The SMILES string of the molecule is Cc1cnccc1C(c1ccc(Cl)cc1)N1CCCCC1C(=O)O. The second-order valence-corrected chi connectivity index (χ2v) is 6.71. The Labute approximate surface area is 147 Å². The molecule has 0 radical (unpaired) electrons. The summed E-state index contributed by atoms with van der Waals surface area (Å²) in [6.07, 6.45) is 6.25. The number of rotatable bonds is 4. The highest BCUT2D eigenvalue weighted by molar-refractivity contribution is 6.30. The van der Waals surface area contributed by atoms with Crippen molar-refractivity contribution >= 4 is 17.6 Å². The molecule has 1 aliphatic heterocycles. The fourth-order valence-corrected chi connectivity index (χ4v) is 3.64. The molecule has 1 N–H and O–H groups in total. The van der Waals surface area contributed by atoms with Gasteiger partial charge >= 0.3 is 5.97 Å². The predicted molar refractivity (Wildman–Crippen MR) is 94.2 cm³/mol. The topological polar surface area (TPSA) is 53.4 Å². The van der Waals surface area contributed by atoms with Gasteiger partial charge in [-0.1, -0.05) is 30.2 Å². The number of pyridine rings is 1. The molecule has 3 rings (SSSR count). The summed E-state index contributed by atoms with van der Waals surface area (Å²) in [6.45, 7) is 2.79. The van der Waals surface area contributed by atoms with Crippen molar-refractivity contribution in [2.75, 3.05) is 6.54 Å². The minimum Gasteiger partial charge on any atom is -0.480 e. The molecule has 2 aromatic rings. The zero-order valence-corrected chi connectivity index (χ0v) is 14.4. The minimum atomic E-state index is -0.750. The molecule has 24 heavy (non-hydrogen) atoms. The highest BCUT2D eigenvalue weighted by atomic mass is 35.5. The molecule has 1 fully saturated rings. The van der Waals surface area contributed by atoms with Crippen molar-refractivity contribution in [3.8, 4) is 0 Å². The van der Waals surface area contributed by atoms with Crippen LogP contribution in [0.2, 0.25) is 5.02 Å². The third-order valence-electron chi connectivity index (χ3n) is 4.70. The van der Waals surface area contributed by atoms with E-state index in [2.05, 4.69) is 9.88 Å². The van der Waals surface area contributed by atoms with Crippen molar-refractivity contribution in [2.24, 2.45) is 0 Å². The number of hydrogen-bond acceptors (Lipinski definition) is 3. The summed E-state index contributed by atoms with van der Waals surface area (Å²) in [5.74, 6) is -0.750. The van der Waals surface area contributed by atoms with Gasteiger partial charge in [-0.3, -0.25) is 14.7 Å². The van der Waals surface area contributed by atoms with Crippen LogP contribution in [0.4, 0.5) is 0 Å². The standard InChI is InChI=1S/C19H21ClN2O2/c1-13-12-21-10-9-16(13)18(14-5-7-15(20)8-6-14)22-11-3-2-4-17(22)19(23)24/h5-10,12,17-18H,2-4,11H2,1H3,(H,23,24). The van der Waals surface area contributed by atoms with E-state index >= 15 is 0 Å². The molecule has 0 spiro atoms. The first-order valence-electron chi connectivity index (χ1n) is 8.22. The average Bonchev–Trinajstić information content (AvgIpc) is 2.59. The van der Waals surface area contributed by atoms with Crippen LogP contribution >= 0.6 is 11.6 Å². The minimum absolute atomic E-state index is 0.105. The van der Waals surface area contributed by atoms with Gasteiger partial charge in [0.1, 0.15) is 6.04 Å². The van der Waals surface area contributed by atoms with E-state index in [0.29, 0.717) is 11.4 Å². The second-order valence-electron chi connectivity index (χ2n) is 6.27. The van der Waals surface area contributed by atoms with Crippen LogP contribution in [-0.2, 0) is 4.79 Å². The number of aromatic nitrogens is 1. The van der Waals surface area contributed by atoms with Crippen molar-refractivity contribution in [1.82, 2.24) is 9.88 Å². The largest absolute Gasteiger partial charge is 0.480 e. The maximum Gasteiger partial charge on any atom is 0.320 e. The van der Waals surface area contributed by atoms with Gasteiger partial charge in [0.15, 0.2) is 0 Å². The number of hydrogen-bond donors (Lipinski definition) is 1. The summed E-state index contributed by atoms with van der Waals surface area (Å²) in [6, 6.07) is 9.11. The van der Waals surface area contributed by atoms with Gasteiger partial charge in [-0.2, -0.15) is 0 Å². The molecular weight excluding hydrogens is 324 g/mol. The highest BCUT2D eigenvalue weighted by Crippen LogP contribution is 2.35. The van der Waals surface area contributed by atoms with Gasteiger partial charge in [0, 0.05) is 17.4 Å². The zero-order chi connectivity index (χ0) is 17.1. The van der Waals surface area contributed by atoms with E-state index in [4.69, 9.17) is 11.6 Å². The number of benzene rings is 1. The van der Waals surface area contributed by atoms with Gasteiger partial charge in [0.25, 0.3) is 0 Å². The number of aryl methyl sites for hydroxylation is 1. The molecule has 1 aromatic carbocycles. The van der Waals surface area contributed by atoms with E-state index in [0.717, 1.165) is 36.1 Å². The summed E-state index contributed by atoms with van der Waals surface area (Å²) >= 11 is 6.04. The number of carboxylic acid groups (broad SMARTS) is 1. The lowest BCUT2D eigenvalue weighted by Crippen LogP contribution is -2.47. The Morgan fingerprint density at radius 3 is 2.71 bits per heavy atom. The van der Waals surface area contributed by atoms with Gasteiger partial charge in [0.05, 0.1) is 6.04 Å². The molecule has 5 heteroatoms. The van der Waals surface area contributed by atoms with Gasteiger partial charge in [-0.05, 0) is 61.2 Å². The quantitative estimate of drug-likeness (QED) is 0.908. The van der Waals surface area contributed by atoms with Crippen molar-refractivity contribution in [3.05, 3.63) is 64.4 Å². The first-order chi connectivity index (χ1) is 11.6. The number of carbonyl (C=O) groups is 1. The van der Waals surface area contributed by atoms with Gasteiger partial charge in [-0.15, -0.1) is 0 Å². The first-order valence-corrected chi connectivity index (χ1v) is 8.60. The number of likely N-dealkylation sites (tertiary alicyclic amines) is 1. The number of halogens is 1. The molecule has 1 aliphatic rings. The maximum absolute atomic E-state index is 11.8. The first kappa shape index (κ1) is 16.9. The fraction of sp³-hybridized carbons (Fsp3) is 0.368. The van der Waals surface area contributed by atoms with Crippen molar-refractivity contribution in [2.45, 2.75) is 38.3 Å². The van der Waals surface area contributed by atoms with E-state index in [-0.39, 0.29) is 6.04 Å². The average molecular weight is 345 g/mol. The number of piperidine rings is 1. The van der Waals surface area contributed by atoms with E-state index in [1.807, 2.05) is 43.5 Å². The third-order valence-corrected chi connectivity index (χ3v) is 4.96. The molecular formula is C19H21ClN2O2. The van der Waals surface area contributed by atoms with Crippen LogP contribution in [-0.4, -0.2) is 33.5 Å². The van der Waals surface area contributed by atoms with Gasteiger partial charge in [-0.25, -0.2) is 0 Å². The monoisotopic (exact) mass is 344 g/mol. The molecule has 0 amide bonds. The van der Waals surface area contributed by atoms with Crippen LogP contribution < -0.4 is 0 Å². The molecule has 1 aromatic heterocycles. The van der Waals surface area contributed by atoms with Crippen molar-refractivity contribution < 1.29 is 9.90 Å². The number of aliphatic carboxylic acids is 1. The van der Waals surface area contributed by atoms with Crippen LogP contribution in [0.5, 0.6) is 0 Å². The number of nitrogens with zero attached hydrogens (tertiary/aromatic N) is 2. The Hall–Kier alpha value is -1.91. The lowest BCUT2D eigenvalue weighted by molar-refractivity contribution is -0.145. The smallest absolute Gasteiger partial charge is 0.320 e. The Bertz CT molecular complexity index is 718. The van der Waals surface area contributed by atoms with Crippen molar-refractivity contribution in [1.29, 1.82) is 0 Å². The summed E-state index contributed by atoms with van der Waals surface area (Å²) in [4.78, 5) is 18.1. The molecule has 126 valence electrons. The third kappa shape index (κ3) is 3.45. The van der Waals surface area contributed by atoms with E-state index < -0.39 is 12.0 Å². The van der Waals surface area contributed by atoms with Crippen molar-refractivity contribution in [3.63, 3.8) is 0 Å². The van der Waals surface area contributed by atoms with E-state index in [9.17, 15) is 9.90 Å². The number of carboxylic acids is 1. The highest BCUT2D eigenvalue weighted by Gasteiger charge is 2.35. The van der Waals surface area contributed by atoms with Crippen LogP contribution in [0.25, 0.3) is 0 Å². The predicted octanol–water partition coefficient (Wildman–Crippen LogP) is 4.07. The van der Waals surface area contributed by atoms with Gasteiger partial charge < -0.3 is 5.11 Å². The Morgan fingerprint density at radius 2 is 2.04 bits per heavy atom.